The highest BCUT2D eigenvalue weighted by Crippen LogP contribution is 2.42. The quantitative estimate of drug-likeness (QED) is 0.131. The van der Waals surface area contributed by atoms with E-state index < -0.39 is 53.3 Å². The van der Waals surface area contributed by atoms with Gasteiger partial charge in [0.2, 0.25) is 5.91 Å². The van der Waals surface area contributed by atoms with E-state index in [2.05, 4.69) is 11.4 Å². The number of carboxylic acids is 1. The number of carbonyl (C=O) groups excluding carboxylic acids is 2. The van der Waals surface area contributed by atoms with Gasteiger partial charge in [-0.3, -0.25) is 9.59 Å². The van der Waals surface area contributed by atoms with E-state index in [4.69, 9.17) is 42.7 Å². The standard InChI is InChI=1S/C49H36Cl2F3N3O7/c50-39-18-9-30(19-40(39)51)26-62-36-16-14-33(15-17-36)45-27-63-43-22-34-21-42(57(25-35(34)23-44(43)64-45)47(59)37-3-1-2-4-38(37)49(52,53)54)46(58)56-41(48(60)61)20-28-5-10-31(11-6-28)32-12-7-29(24-55)8-13-32/h1-19,22-23,41-42,45H,20-21,25-27H2,(H,56,58)(H,60,61). The SMILES string of the molecule is N#Cc1ccc(-c2ccc(CC(NC(=O)C3Cc4cc5c(cc4CN3C(=O)c3ccccc3C(F)(F)F)OC(c3ccc(OCc4ccc(Cl)c(Cl)c4)cc3)CO5)C(=O)O)cc2)cc1. The molecular formula is C49H36Cl2F3N3O7. The molecule has 2 aliphatic heterocycles. The Morgan fingerprint density at radius 3 is 2.19 bits per heavy atom. The first-order valence-electron chi connectivity index (χ1n) is 20.0. The summed E-state index contributed by atoms with van der Waals surface area (Å²) < 4.78 is 61.1. The van der Waals surface area contributed by atoms with Crippen molar-refractivity contribution in [3.05, 3.63) is 182 Å². The molecule has 0 bridgehead atoms. The number of carbonyl (C=O) groups is 3. The molecule has 2 aliphatic rings. The van der Waals surface area contributed by atoms with Crippen LogP contribution < -0.4 is 19.5 Å². The van der Waals surface area contributed by atoms with E-state index in [1.165, 1.54) is 12.1 Å². The molecule has 0 radical (unpaired) electrons. The van der Waals surface area contributed by atoms with Crippen LogP contribution in [-0.4, -0.2) is 46.5 Å². The van der Waals surface area contributed by atoms with Crippen LogP contribution in [0, 0.1) is 11.3 Å². The Balaban J connectivity index is 1.02. The predicted octanol–water partition coefficient (Wildman–Crippen LogP) is 10.0. The van der Waals surface area contributed by atoms with Crippen molar-refractivity contribution in [3.63, 3.8) is 0 Å². The fourth-order valence-corrected chi connectivity index (χ4v) is 8.00. The number of benzene rings is 6. The lowest BCUT2D eigenvalue weighted by Gasteiger charge is -2.38. The highest BCUT2D eigenvalue weighted by Gasteiger charge is 2.41. The number of aliphatic carboxylic acids is 1. The first-order chi connectivity index (χ1) is 30.7. The van der Waals surface area contributed by atoms with Crippen molar-refractivity contribution >= 4 is 41.0 Å². The molecule has 0 spiro atoms. The maximum atomic E-state index is 14.2. The number of hydrogen-bond donors (Lipinski definition) is 2. The van der Waals surface area contributed by atoms with Gasteiger partial charge < -0.3 is 29.5 Å². The lowest BCUT2D eigenvalue weighted by Crippen LogP contribution is -2.56. The second-order valence-electron chi connectivity index (χ2n) is 15.3. The van der Waals surface area contributed by atoms with Gasteiger partial charge in [0.15, 0.2) is 17.6 Å². The number of nitrogens with one attached hydrogen (secondary N) is 1. The number of hydrogen-bond acceptors (Lipinski definition) is 7. The highest BCUT2D eigenvalue weighted by molar-refractivity contribution is 6.42. The summed E-state index contributed by atoms with van der Waals surface area (Å²) >= 11 is 12.1. The molecule has 10 nitrogen and oxygen atoms in total. The molecule has 324 valence electrons. The number of alkyl halides is 3. The molecule has 3 unspecified atom stereocenters. The second-order valence-corrected chi connectivity index (χ2v) is 16.1. The lowest BCUT2D eigenvalue weighted by atomic mass is 9.91. The van der Waals surface area contributed by atoms with Crippen LogP contribution in [0.5, 0.6) is 17.2 Å². The molecule has 0 saturated carbocycles. The molecule has 0 saturated heterocycles. The van der Waals surface area contributed by atoms with Gasteiger partial charge in [0.25, 0.3) is 5.91 Å². The van der Waals surface area contributed by atoms with Gasteiger partial charge in [-0.2, -0.15) is 18.4 Å². The third-order valence-corrected chi connectivity index (χ3v) is 11.8. The summed E-state index contributed by atoms with van der Waals surface area (Å²) in [7, 11) is 0. The number of carboxylic acid groups (broad SMARTS) is 1. The summed E-state index contributed by atoms with van der Waals surface area (Å²) in [5, 5.41) is 22.8. The minimum atomic E-state index is -4.88. The van der Waals surface area contributed by atoms with Crippen LogP contribution in [0.1, 0.15) is 55.4 Å². The second kappa shape index (κ2) is 18.4. The third kappa shape index (κ3) is 9.63. The average Bonchev–Trinajstić information content (AvgIpc) is 3.30. The topological polar surface area (TPSA) is 138 Å². The Hall–Kier alpha value is -7.01. The predicted molar refractivity (Wildman–Crippen MR) is 231 cm³/mol. The minimum Gasteiger partial charge on any atom is -0.489 e. The van der Waals surface area contributed by atoms with Gasteiger partial charge in [-0.1, -0.05) is 89.9 Å². The number of ether oxygens (including phenoxy) is 3. The highest BCUT2D eigenvalue weighted by atomic mass is 35.5. The molecular weight excluding hydrogens is 870 g/mol. The van der Waals surface area contributed by atoms with Crippen LogP contribution in [0.4, 0.5) is 13.2 Å². The zero-order chi connectivity index (χ0) is 45.1. The van der Waals surface area contributed by atoms with Crippen LogP contribution in [0.2, 0.25) is 10.0 Å². The van der Waals surface area contributed by atoms with Crippen molar-refractivity contribution in [2.75, 3.05) is 6.61 Å². The summed E-state index contributed by atoms with van der Waals surface area (Å²) in [6, 6.07) is 33.3. The van der Waals surface area contributed by atoms with Crippen LogP contribution in [0.25, 0.3) is 11.1 Å². The number of rotatable bonds is 11. The largest absolute Gasteiger partial charge is 0.489 e. The van der Waals surface area contributed by atoms with Crippen molar-refractivity contribution < 1.29 is 46.9 Å². The fraction of sp³-hybridized carbons (Fsp3) is 0.184. The van der Waals surface area contributed by atoms with Crippen LogP contribution in [0.3, 0.4) is 0 Å². The Bertz CT molecular complexity index is 2780. The number of amides is 2. The minimum absolute atomic E-state index is 0.128. The van der Waals surface area contributed by atoms with Crippen molar-refractivity contribution in [1.82, 2.24) is 10.2 Å². The van der Waals surface area contributed by atoms with Gasteiger partial charge in [-0.05, 0) is 99.6 Å². The third-order valence-electron chi connectivity index (χ3n) is 11.1. The Labute approximate surface area is 375 Å². The van der Waals surface area contributed by atoms with E-state index in [0.29, 0.717) is 49.5 Å². The van der Waals surface area contributed by atoms with E-state index in [0.717, 1.165) is 39.3 Å². The number of nitrogens with zero attached hydrogens (tertiary/aromatic N) is 2. The Kier molecular flexibility index (Phi) is 12.5. The molecule has 15 heteroatoms. The first kappa shape index (κ1) is 43.6. The van der Waals surface area contributed by atoms with Gasteiger partial charge in [0, 0.05) is 19.4 Å². The van der Waals surface area contributed by atoms with Crippen LogP contribution in [-0.2, 0) is 41.8 Å². The van der Waals surface area contributed by atoms with E-state index in [1.807, 2.05) is 18.2 Å². The monoisotopic (exact) mass is 905 g/mol. The van der Waals surface area contributed by atoms with Crippen LogP contribution in [0.15, 0.2) is 127 Å². The molecule has 6 aromatic rings. The maximum absolute atomic E-state index is 14.2. The van der Waals surface area contributed by atoms with Crippen molar-refractivity contribution in [1.29, 1.82) is 5.26 Å². The molecule has 8 rings (SSSR count). The lowest BCUT2D eigenvalue weighted by molar-refractivity contribution is -0.142. The van der Waals surface area contributed by atoms with E-state index in [9.17, 15) is 32.7 Å². The molecule has 0 fully saturated rings. The van der Waals surface area contributed by atoms with E-state index >= 15 is 0 Å². The summed E-state index contributed by atoms with van der Waals surface area (Å²) in [5.74, 6) is -1.97. The summed E-state index contributed by atoms with van der Waals surface area (Å²) in [5.41, 5.74) is 3.61. The normalized spacial score (nSPS) is 15.9. The summed E-state index contributed by atoms with van der Waals surface area (Å²) in [6.45, 7) is 0.102. The zero-order valence-electron chi connectivity index (χ0n) is 33.6. The first-order valence-corrected chi connectivity index (χ1v) is 20.7. The molecule has 2 N–H and O–H groups in total. The molecule has 2 amide bonds. The molecule has 0 aliphatic carbocycles. The summed E-state index contributed by atoms with van der Waals surface area (Å²) in [4.78, 5) is 42.0. The van der Waals surface area contributed by atoms with Gasteiger partial charge in [-0.15, -0.1) is 0 Å². The molecule has 3 atom stereocenters. The average molecular weight is 907 g/mol. The maximum Gasteiger partial charge on any atom is 0.417 e. The smallest absolute Gasteiger partial charge is 0.417 e. The van der Waals surface area contributed by atoms with Crippen molar-refractivity contribution in [2.24, 2.45) is 0 Å². The number of nitriles is 1. The van der Waals surface area contributed by atoms with E-state index in [1.54, 1.807) is 84.9 Å². The Morgan fingerprint density at radius 2 is 1.52 bits per heavy atom. The van der Waals surface area contributed by atoms with Gasteiger partial charge in [0.1, 0.15) is 31.0 Å². The molecule has 6 aromatic carbocycles. The van der Waals surface area contributed by atoms with Gasteiger partial charge in [-0.25, -0.2) is 4.79 Å². The van der Waals surface area contributed by atoms with Crippen molar-refractivity contribution in [3.8, 4) is 34.4 Å². The number of fused-ring (bicyclic) bond motifs is 2. The Morgan fingerprint density at radius 1 is 0.844 bits per heavy atom. The fourth-order valence-electron chi connectivity index (χ4n) is 7.68. The zero-order valence-corrected chi connectivity index (χ0v) is 35.1. The molecule has 0 aromatic heterocycles. The van der Waals surface area contributed by atoms with Gasteiger partial charge in [0.05, 0.1) is 32.8 Å². The number of halogens is 5. The van der Waals surface area contributed by atoms with Crippen molar-refractivity contribution in [2.45, 2.75) is 50.4 Å². The van der Waals surface area contributed by atoms with E-state index in [-0.39, 0.29) is 32.6 Å². The van der Waals surface area contributed by atoms with Gasteiger partial charge >= 0.3 is 12.1 Å². The molecule has 2 heterocycles. The molecule has 64 heavy (non-hydrogen) atoms. The summed E-state index contributed by atoms with van der Waals surface area (Å²) in [6.07, 6.45) is -5.71. The van der Waals surface area contributed by atoms with Crippen LogP contribution >= 0.6 is 23.2 Å².